The van der Waals surface area contributed by atoms with Gasteiger partial charge in [0.25, 0.3) is 15.9 Å². The number of rotatable bonds is 10. The number of esters is 1. The molecule has 1 amide bonds. The fourth-order valence-electron chi connectivity index (χ4n) is 3.41. The smallest absolute Gasteiger partial charge is 0.416 e. The molecule has 1 N–H and O–H groups in total. The van der Waals surface area contributed by atoms with E-state index < -0.39 is 40.2 Å². The number of hydrogen-bond acceptors (Lipinski definition) is 6. The van der Waals surface area contributed by atoms with E-state index in [1.165, 1.54) is 37.5 Å². The van der Waals surface area contributed by atoms with Gasteiger partial charge in [0, 0.05) is 5.69 Å². The lowest BCUT2D eigenvalue weighted by Crippen LogP contribution is -2.31. The summed E-state index contributed by atoms with van der Waals surface area (Å²) in [5.74, 6) is -1.76. The minimum absolute atomic E-state index is 0.124. The molecule has 0 radical (unpaired) electrons. The molecule has 0 atom stereocenters. The van der Waals surface area contributed by atoms with Crippen LogP contribution < -0.4 is 14.4 Å². The Hall–Kier alpha value is -4.03. The van der Waals surface area contributed by atoms with Crippen molar-refractivity contribution in [2.24, 2.45) is 0 Å². The Kier molecular flexibility index (Phi) is 9.25. The number of hydrogen-bond donors (Lipinski definition) is 1. The second-order valence-corrected chi connectivity index (χ2v) is 10.1. The number of anilines is 2. The molecule has 0 aliphatic carbocycles. The zero-order valence-electron chi connectivity index (χ0n) is 20.4. The summed E-state index contributed by atoms with van der Waals surface area (Å²) in [5, 5.41) is 2.05. The van der Waals surface area contributed by atoms with Gasteiger partial charge < -0.3 is 14.8 Å². The standard InChI is InChI=1S/C26H22ClF3N2O6S/c1-3-13-32(22-9-4-5-10-23(22)37-2)39(35,36)19-11-12-21(27)20(15-19)25(34)38-16-24(33)31-18-8-6-7-17(14-18)26(28,29)30/h3-12,14-15H,1,13,16H2,2H3,(H,31,33). The number of ether oxygens (including phenoxy) is 2. The maximum atomic E-state index is 13.5. The molecule has 0 fully saturated rings. The van der Waals surface area contributed by atoms with Gasteiger partial charge in [0.05, 0.1) is 40.4 Å². The monoisotopic (exact) mass is 582 g/mol. The van der Waals surface area contributed by atoms with Crippen molar-refractivity contribution >= 4 is 44.9 Å². The van der Waals surface area contributed by atoms with Gasteiger partial charge in [-0.25, -0.2) is 13.2 Å². The molecule has 0 unspecified atom stereocenters. The summed E-state index contributed by atoms with van der Waals surface area (Å²) in [6.07, 6.45) is -3.24. The van der Waals surface area contributed by atoms with Gasteiger partial charge in [-0.3, -0.25) is 9.10 Å². The topological polar surface area (TPSA) is 102 Å². The first kappa shape index (κ1) is 29.5. The van der Waals surface area contributed by atoms with Crippen LogP contribution in [0, 0.1) is 0 Å². The van der Waals surface area contributed by atoms with Gasteiger partial charge in [-0.1, -0.05) is 35.9 Å². The lowest BCUT2D eigenvalue weighted by molar-refractivity contribution is -0.137. The van der Waals surface area contributed by atoms with Gasteiger partial charge in [0.2, 0.25) is 0 Å². The zero-order valence-corrected chi connectivity index (χ0v) is 21.9. The molecule has 0 heterocycles. The molecule has 3 aromatic rings. The van der Waals surface area contributed by atoms with Crippen molar-refractivity contribution in [3.63, 3.8) is 0 Å². The van der Waals surface area contributed by atoms with Gasteiger partial charge >= 0.3 is 12.1 Å². The second-order valence-electron chi connectivity index (χ2n) is 7.84. The SMILES string of the molecule is C=CCN(c1ccccc1OC)S(=O)(=O)c1ccc(Cl)c(C(=O)OCC(=O)Nc2cccc(C(F)(F)F)c2)c1. The molecule has 0 bridgehead atoms. The van der Waals surface area contributed by atoms with E-state index in [-0.39, 0.29) is 39.2 Å². The Balaban J connectivity index is 1.80. The first-order valence-corrected chi connectivity index (χ1v) is 12.9. The molecule has 0 saturated carbocycles. The van der Waals surface area contributed by atoms with Crippen molar-refractivity contribution in [2.45, 2.75) is 11.1 Å². The van der Waals surface area contributed by atoms with Crippen LogP contribution in [0.2, 0.25) is 5.02 Å². The van der Waals surface area contributed by atoms with Crippen molar-refractivity contribution in [3.05, 3.63) is 95.5 Å². The molecule has 13 heteroatoms. The van der Waals surface area contributed by atoms with Crippen LogP contribution in [0.4, 0.5) is 24.5 Å². The summed E-state index contributed by atoms with van der Waals surface area (Å²) < 4.78 is 76.9. The zero-order chi connectivity index (χ0) is 28.8. The molecule has 3 rings (SSSR count). The number of benzene rings is 3. The van der Waals surface area contributed by atoms with Crippen LogP contribution in [0.25, 0.3) is 0 Å². The predicted octanol–water partition coefficient (Wildman–Crippen LogP) is 5.54. The summed E-state index contributed by atoms with van der Waals surface area (Å²) in [4.78, 5) is 24.5. The molecule has 8 nitrogen and oxygen atoms in total. The van der Waals surface area contributed by atoms with Crippen LogP contribution in [-0.2, 0) is 25.7 Å². The molecule has 39 heavy (non-hydrogen) atoms. The number of methoxy groups -OCH3 is 1. The number of carbonyl (C=O) groups excluding carboxylic acids is 2. The second kappa shape index (κ2) is 12.2. The fourth-order valence-corrected chi connectivity index (χ4v) is 5.07. The van der Waals surface area contributed by atoms with Crippen molar-refractivity contribution in [1.29, 1.82) is 0 Å². The lowest BCUT2D eigenvalue weighted by atomic mass is 10.2. The van der Waals surface area contributed by atoms with E-state index in [1.54, 1.807) is 18.2 Å². The van der Waals surface area contributed by atoms with E-state index in [0.29, 0.717) is 0 Å². The summed E-state index contributed by atoms with van der Waals surface area (Å²) >= 11 is 6.10. The normalized spacial score (nSPS) is 11.4. The molecule has 0 aromatic heterocycles. The number of halogens is 4. The average Bonchev–Trinajstić information content (AvgIpc) is 2.90. The Labute approximate surface area is 227 Å². The third-order valence-corrected chi connectivity index (χ3v) is 7.31. The van der Waals surface area contributed by atoms with E-state index in [2.05, 4.69) is 11.9 Å². The highest BCUT2D eigenvalue weighted by atomic mass is 35.5. The number of alkyl halides is 3. The number of amides is 1. The molecule has 3 aromatic carbocycles. The highest BCUT2D eigenvalue weighted by Crippen LogP contribution is 2.33. The van der Waals surface area contributed by atoms with Gasteiger partial charge in [-0.15, -0.1) is 6.58 Å². The fraction of sp³-hybridized carbons (Fsp3) is 0.154. The highest BCUT2D eigenvalue weighted by Gasteiger charge is 2.31. The highest BCUT2D eigenvalue weighted by molar-refractivity contribution is 7.92. The Morgan fingerprint density at radius 1 is 1.08 bits per heavy atom. The number of nitrogens with one attached hydrogen (secondary N) is 1. The molecule has 0 saturated heterocycles. The summed E-state index contributed by atoms with van der Waals surface area (Å²) in [6, 6.07) is 13.7. The minimum atomic E-state index is -4.61. The maximum absolute atomic E-state index is 13.5. The van der Waals surface area contributed by atoms with Crippen LogP contribution in [0.3, 0.4) is 0 Å². The van der Waals surface area contributed by atoms with Crippen LogP contribution in [0.1, 0.15) is 15.9 Å². The maximum Gasteiger partial charge on any atom is 0.416 e. The molecule has 0 spiro atoms. The Bertz CT molecular complexity index is 1500. The Morgan fingerprint density at radius 2 is 1.79 bits per heavy atom. The Morgan fingerprint density at radius 3 is 2.46 bits per heavy atom. The third kappa shape index (κ3) is 7.09. The molecular formula is C26H22ClF3N2O6S. The van der Waals surface area contributed by atoms with E-state index >= 15 is 0 Å². The van der Waals surface area contributed by atoms with Crippen LogP contribution >= 0.6 is 11.6 Å². The number of para-hydroxylation sites is 2. The third-order valence-electron chi connectivity index (χ3n) is 5.20. The van der Waals surface area contributed by atoms with E-state index in [0.717, 1.165) is 28.6 Å². The summed E-state index contributed by atoms with van der Waals surface area (Å²) in [7, 11) is -2.88. The summed E-state index contributed by atoms with van der Waals surface area (Å²) in [6.45, 7) is 2.61. The first-order valence-electron chi connectivity index (χ1n) is 11.1. The number of carbonyl (C=O) groups is 2. The van der Waals surface area contributed by atoms with Gasteiger partial charge in [0.1, 0.15) is 5.75 Å². The van der Waals surface area contributed by atoms with Crippen molar-refractivity contribution in [2.75, 3.05) is 29.9 Å². The van der Waals surface area contributed by atoms with Crippen molar-refractivity contribution in [3.8, 4) is 5.75 Å². The van der Waals surface area contributed by atoms with Gasteiger partial charge in [-0.2, -0.15) is 13.2 Å². The van der Waals surface area contributed by atoms with Crippen LogP contribution in [0.5, 0.6) is 5.75 Å². The van der Waals surface area contributed by atoms with Gasteiger partial charge in [-0.05, 0) is 48.5 Å². The van der Waals surface area contributed by atoms with E-state index in [9.17, 15) is 31.2 Å². The van der Waals surface area contributed by atoms with E-state index in [4.69, 9.17) is 21.1 Å². The van der Waals surface area contributed by atoms with Crippen LogP contribution in [-0.4, -0.2) is 40.6 Å². The van der Waals surface area contributed by atoms with E-state index in [1.807, 2.05) is 0 Å². The van der Waals surface area contributed by atoms with Crippen LogP contribution in [0.15, 0.2) is 84.3 Å². The molecule has 206 valence electrons. The predicted molar refractivity (Wildman–Crippen MR) is 140 cm³/mol. The van der Waals surface area contributed by atoms with Crippen molar-refractivity contribution < 1.29 is 40.7 Å². The molecule has 0 aliphatic rings. The molecule has 0 aliphatic heterocycles. The average molecular weight is 583 g/mol. The molecular weight excluding hydrogens is 561 g/mol. The number of nitrogens with zero attached hydrogens (tertiary/aromatic N) is 1. The largest absolute Gasteiger partial charge is 0.495 e. The van der Waals surface area contributed by atoms with Gasteiger partial charge in [0.15, 0.2) is 6.61 Å². The lowest BCUT2D eigenvalue weighted by Gasteiger charge is -2.25. The number of sulfonamides is 1. The minimum Gasteiger partial charge on any atom is -0.495 e. The first-order chi connectivity index (χ1) is 18.4. The van der Waals surface area contributed by atoms with Crippen molar-refractivity contribution in [1.82, 2.24) is 0 Å². The summed E-state index contributed by atoms with van der Waals surface area (Å²) in [5.41, 5.74) is -1.25. The quantitative estimate of drug-likeness (QED) is 0.249.